The van der Waals surface area contributed by atoms with Crippen LogP contribution in [0.5, 0.6) is 0 Å². The number of hydrogen-bond donors (Lipinski definition) is 1. The molecule has 5 heteroatoms. The smallest absolute Gasteiger partial charge is 0.116 e. The van der Waals surface area contributed by atoms with Crippen LogP contribution in [-0.2, 0) is 0 Å². The van der Waals surface area contributed by atoms with Gasteiger partial charge in [-0.3, -0.25) is 0 Å². The van der Waals surface area contributed by atoms with E-state index in [0.29, 0.717) is 6.04 Å². The van der Waals surface area contributed by atoms with Crippen LogP contribution in [0.4, 0.5) is 0 Å². The molecule has 18 heavy (non-hydrogen) atoms. The minimum absolute atomic E-state index is 0.319. The fraction of sp³-hybridized carbons (Fsp3) is 0.231. The minimum Gasteiger partial charge on any atom is -0.313 e. The molecule has 2 aromatic heterocycles. The molecule has 0 saturated heterocycles. The van der Waals surface area contributed by atoms with Gasteiger partial charge in [0, 0.05) is 18.4 Å². The molecule has 0 aliphatic rings. The monoisotopic (exact) mass is 323 g/mol. The lowest BCUT2D eigenvalue weighted by Crippen LogP contribution is -2.12. The number of halogens is 1. The van der Waals surface area contributed by atoms with Gasteiger partial charge in [0.05, 0.1) is 4.47 Å². The Kier molecular flexibility index (Phi) is 4.74. The lowest BCUT2D eigenvalue weighted by Gasteiger charge is -2.11. The Morgan fingerprint density at radius 3 is 2.83 bits per heavy atom. The summed E-state index contributed by atoms with van der Waals surface area (Å²) in [6.07, 6.45) is 3.62. The van der Waals surface area contributed by atoms with Crippen LogP contribution >= 0.6 is 27.7 Å². The molecule has 0 amide bonds. The van der Waals surface area contributed by atoms with Gasteiger partial charge in [0.25, 0.3) is 0 Å². The number of rotatable bonds is 4. The van der Waals surface area contributed by atoms with Crippen molar-refractivity contribution in [3.63, 3.8) is 0 Å². The third kappa shape index (κ3) is 3.31. The van der Waals surface area contributed by atoms with Crippen LogP contribution < -0.4 is 5.32 Å². The summed E-state index contributed by atoms with van der Waals surface area (Å²) in [7, 11) is 1.95. The molecule has 0 spiro atoms. The van der Waals surface area contributed by atoms with Crippen molar-refractivity contribution < 1.29 is 0 Å². The normalized spacial score (nSPS) is 12.4. The largest absolute Gasteiger partial charge is 0.313 e. The molecule has 1 atom stereocenters. The molecule has 0 aliphatic heterocycles. The third-order valence-corrected chi connectivity index (χ3v) is 4.47. The highest BCUT2D eigenvalue weighted by molar-refractivity contribution is 9.10. The van der Waals surface area contributed by atoms with Gasteiger partial charge in [-0.25, -0.2) is 9.97 Å². The second kappa shape index (κ2) is 6.31. The maximum absolute atomic E-state index is 4.37. The Labute approximate surface area is 120 Å². The van der Waals surface area contributed by atoms with Gasteiger partial charge in [-0.2, -0.15) is 0 Å². The van der Waals surface area contributed by atoms with Crippen molar-refractivity contribution in [2.75, 3.05) is 7.05 Å². The fourth-order valence-electron chi connectivity index (χ4n) is 1.46. The number of nitrogens with zero attached hydrogens (tertiary/aromatic N) is 2. The summed E-state index contributed by atoms with van der Waals surface area (Å²) < 4.78 is 0.990. The molecule has 0 bridgehead atoms. The quantitative estimate of drug-likeness (QED) is 0.931. The highest BCUT2D eigenvalue weighted by Crippen LogP contribution is 2.31. The van der Waals surface area contributed by atoms with Gasteiger partial charge in [-0.1, -0.05) is 0 Å². The van der Waals surface area contributed by atoms with E-state index in [9.17, 15) is 0 Å². The van der Waals surface area contributed by atoms with Crippen molar-refractivity contribution in [2.24, 2.45) is 0 Å². The van der Waals surface area contributed by atoms with E-state index in [1.165, 1.54) is 5.56 Å². The van der Waals surface area contributed by atoms with E-state index in [1.54, 1.807) is 18.0 Å². The second-order valence-corrected chi connectivity index (χ2v) is 5.69. The van der Waals surface area contributed by atoms with Crippen molar-refractivity contribution in [1.29, 1.82) is 0 Å². The molecular weight excluding hydrogens is 310 g/mol. The third-order valence-electron chi connectivity index (χ3n) is 2.62. The summed E-state index contributed by atoms with van der Waals surface area (Å²) in [6.45, 7) is 2.13. The van der Waals surface area contributed by atoms with E-state index >= 15 is 0 Å². The van der Waals surface area contributed by atoms with E-state index in [0.717, 1.165) is 14.5 Å². The second-order valence-electron chi connectivity index (χ2n) is 3.83. The zero-order chi connectivity index (χ0) is 13.0. The SMILES string of the molecule is CNC(C)c1ccnc(Sc2ncccc2Br)c1. The first kappa shape index (κ1) is 13.5. The predicted octanol–water partition coefficient (Wildman–Crippen LogP) is 3.67. The topological polar surface area (TPSA) is 37.8 Å². The van der Waals surface area contributed by atoms with Gasteiger partial charge in [0.15, 0.2) is 0 Å². The van der Waals surface area contributed by atoms with Crippen LogP contribution in [0.15, 0.2) is 51.2 Å². The Morgan fingerprint density at radius 1 is 1.28 bits per heavy atom. The van der Waals surface area contributed by atoms with E-state index in [1.807, 2.05) is 31.4 Å². The highest BCUT2D eigenvalue weighted by atomic mass is 79.9. The van der Waals surface area contributed by atoms with Crippen molar-refractivity contribution >= 4 is 27.7 Å². The van der Waals surface area contributed by atoms with Crippen LogP contribution in [-0.4, -0.2) is 17.0 Å². The lowest BCUT2D eigenvalue weighted by atomic mass is 10.1. The minimum atomic E-state index is 0.319. The molecule has 0 aromatic carbocycles. The molecule has 0 fully saturated rings. The lowest BCUT2D eigenvalue weighted by molar-refractivity contribution is 0.649. The first-order valence-corrected chi connectivity index (χ1v) is 7.23. The average Bonchev–Trinajstić information content (AvgIpc) is 2.41. The number of aromatic nitrogens is 2. The van der Waals surface area contributed by atoms with Gasteiger partial charge in [0.2, 0.25) is 0 Å². The summed E-state index contributed by atoms with van der Waals surface area (Å²) in [5.41, 5.74) is 1.22. The van der Waals surface area contributed by atoms with Gasteiger partial charge < -0.3 is 5.32 Å². The van der Waals surface area contributed by atoms with Gasteiger partial charge in [-0.15, -0.1) is 0 Å². The molecule has 0 aliphatic carbocycles. The van der Waals surface area contributed by atoms with Crippen LogP contribution in [0.3, 0.4) is 0 Å². The van der Waals surface area contributed by atoms with Crippen molar-refractivity contribution in [2.45, 2.75) is 23.0 Å². The Balaban J connectivity index is 2.22. The van der Waals surface area contributed by atoms with E-state index in [-0.39, 0.29) is 0 Å². The fourth-order valence-corrected chi connectivity index (χ4v) is 2.75. The highest BCUT2D eigenvalue weighted by Gasteiger charge is 2.07. The van der Waals surface area contributed by atoms with Gasteiger partial charge in [0.1, 0.15) is 10.1 Å². The summed E-state index contributed by atoms with van der Waals surface area (Å²) >= 11 is 5.05. The summed E-state index contributed by atoms with van der Waals surface area (Å²) in [6, 6.07) is 8.32. The van der Waals surface area contributed by atoms with Crippen molar-refractivity contribution in [3.8, 4) is 0 Å². The Bertz CT molecular complexity index is 533. The average molecular weight is 324 g/mol. The van der Waals surface area contributed by atoms with Crippen LogP contribution in [0.25, 0.3) is 0 Å². The van der Waals surface area contributed by atoms with E-state index in [4.69, 9.17) is 0 Å². The molecule has 2 heterocycles. The molecule has 1 unspecified atom stereocenters. The molecular formula is C13H14BrN3S. The zero-order valence-corrected chi connectivity index (χ0v) is 12.6. The van der Waals surface area contributed by atoms with Crippen LogP contribution in [0.2, 0.25) is 0 Å². The van der Waals surface area contributed by atoms with Gasteiger partial charge >= 0.3 is 0 Å². The summed E-state index contributed by atoms with van der Waals surface area (Å²) in [4.78, 5) is 8.70. The molecule has 94 valence electrons. The maximum atomic E-state index is 4.37. The molecule has 3 nitrogen and oxygen atoms in total. The molecule has 1 N–H and O–H groups in total. The van der Waals surface area contributed by atoms with Gasteiger partial charge in [-0.05, 0) is 71.5 Å². The predicted molar refractivity (Wildman–Crippen MR) is 77.8 cm³/mol. The summed E-state index contributed by atoms with van der Waals surface area (Å²) in [5, 5.41) is 5.10. The van der Waals surface area contributed by atoms with E-state index in [2.05, 4.69) is 44.2 Å². The maximum Gasteiger partial charge on any atom is 0.116 e. The number of pyridine rings is 2. The molecule has 0 saturated carbocycles. The number of hydrogen-bond acceptors (Lipinski definition) is 4. The molecule has 2 rings (SSSR count). The van der Waals surface area contributed by atoms with Crippen molar-refractivity contribution in [3.05, 3.63) is 46.7 Å². The van der Waals surface area contributed by atoms with Crippen LogP contribution in [0, 0.1) is 0 Å². The molecule has 2 aromatic rings. The Morgan fingerprint density at radius 2 is 2.11 bits per heavy atom. The van der Waals surface area contributed by atoms with Crippen molar-refractivity contribution in [1.82, 2.24) is 15.3 Å². The Hall–Kier alpha value is -0.910. The zero-order valence-electron chi connectivity index (χ0n) is 10.2. The summed E-state index contributed by atoms with van der Waals surface area (Å²) in [5.74, 6) is 0. The number of nitrogens with one attached hydrogen (secondary N) is 1. The first-order chi connectivity index (χ1) is 8.70. The van der Waals surface area contributed by atoms with Crippen LogP contribution in [0.1, 0.15) is 18.5 Å². The first-order valence-electron chi connectivity index (χ1n) is 5.62. The standard InChI is InChI=1S/C13H14BrN3S/c1-9(15-2)10-5-7-16-12(8-10)18-13-11(14)4-3-6-17-13/h3-9,15H,1-2H3. The molecule has 0 radical (unpaired) electrons. The van der Waals surface area contributed by atoms with E-state index < -0.39 is 0 Å².